The molecule has 0 aliphatic heterocycles. The van der Waals surface area contributed by atoms with E-state index in [-0.39, 0.29) is 11.7 Å². The third-order valence-corrected chi connectivity index (χ3v) is 3.26. The van der Waals surface area contributed by atoms with Crippen LogP contribution in [0.25, 0.3) is 0 Å². The zero-order valence-corrected chi connectivity index (χ0v) is 12.7. The number of nitrogens with two attached hydrogens (primary N) is 1. The minimum absolute atomic E-state index is 0.159. The van der Waals surface area contributed by atoms with Crippen molar-refractivity contribution in [1.82, 2.24) is 0 Å². The van der Waals surface area contributed by atoms with Gasteiger partial charge in [0.05, 0.1) is 12.3 Å². The number of phenols is 1. The molecule has 0 unspecified atom stereocenters. The highest BCUT2D eigenvalue weighted by Crippen LogP contribution is 2.25. The van der Waals surface area contributed by atoms with Gasteiger partial charge in [-0.05, 0) is 48.9 Å². The quantitative estimate of drug-likeness (QED) is 0.832. The SMILES string of the molecule is CCCOc1ccc(C(=O)N(C)c2ccc(O)cc2)cc1N. The highest BCUT2D eigenvalue weighted by atomic mass is 16.5. The van der Waals surface area contributed by atoms with Crippen molar-refractivity contribution in [3.63, 3.8) is 0 Å². The van der Waals surface area contributed by atoms with E-state index < -0.39 is 0 Å². The largest absolute Gasteiger partial charge is 0.508 e. The smallest absolute Gasteiger partial charge is 0.258 e. The van der Waals surface area contributed by atoms with Crippen LogP contribution in [0.15, 0.2) is 42.5 Å². The van der Waals surface area contributed by atoms with Crippen molar-refractivity contribution in [3.8, 4) is 11.5 Å². The average Bonchev–Trinajstić information content (AvgIpc) is 2.53. The van der Waals surface area contributed by atoms with Crippen LogP contribution in [0.5, 0.6) is 11.5 Å². The fourth-order valence-corrected chi connectivity index (χ4v) is 2.01. The minimum Gasteiger partial charge on any atom is -0.508 e. The van der Waals surface area contributed by atoms with E-state index in [1.54, 1.807) is 37.4 Å². The first-order valence-corrected chi connectivity index (χ1v) is 7.12. The number of nitrogens with zero attached hydrogens (tertiary/aromatic N) is 1. The molecule has 5 heteroatoms. The van der Waals surface area contributed by atoms with Crippen LogP contribution in [-0.4, -0.2) is 24.7 Å². The molecule has 0 bridgehead atoms. The summed E-state index contributed by atoms with van der Waals surface area (Å²) in [6.45, 7) is 2.60. The molecule has 116 valence electrons. The monoisotopic (exact) mass is 300 g/mol. The summed E-state index contributed by atoms with van der Waals surface area (Å²) in [7, 11) is 1.67. The molecule has 0 saturated carbocycles. The van der Waals surface area contributed by atoms with Gasteiger partial charge in [-0.25, -0.2) is 0 Å². The lowest BCUT2D eigenvalue weighted by Crippen LogP contribution is -2.26. The fourth-order valence-electron chi connectivity index (χ4n) is 2.01. The lowest BCUT2D eigenvalue weighted by Gasteiger charge is -2.18. The normalized spacial score (nSPS) is 10.3. The molecular formula is C17H20N2O3. The van der Waals surface area contributed by atoms with Crippen molar-refractivity contribution in [2.45, 2.75) is 13.3 Å². The highest BCUT2D eigenvalue weighted by Gasteiger charge is 2.15. The Bertz CT molecular complexity index is 653. The van der Waals surface area contributed by atoms with Gasteiger partial charge in [0.2, 0.25) is 0 Å². The Morgan fingerprint density at radius 1 is 1.23 bits per heavy atom. The number of amides is 1. The van der Waals surface area contributed by atoms with E-state index >= 15 is 0 Å². The topological polar surface area (TPSA) is 75.8 Å². The molecule has 0 spiro atoms. The molecule has 22 heavy (non-hydrogen) atoms. The average molecular weight is 300 g/mol. The number of ether oxygens (including phenoxy) is 1. The van der Waals surface area contributed by atoms with Gasteiger partial charge in [-0.3, -0.25) is 4.79 Å². The number of anilines is 2. The van der Waals surface area contributed by atoms with Crippen LogP contribution >= 0.6 is 0 Å². The van der Waals surface area contributed by atoms with Gasteiger partial charge in [0, 0.05) is 18.3 Å². The second-order valence-electron chi connectivity index (χ2n) is 4.98. The Kier molecular flexibility index (Phi) is 4.88. The number of benzene rings is 2. The summed E-state index contributed by atoms with van der Waals surface area (Å²) in [5.74, 6) is 0.566. The molecule has 0 aromatic heterocycles. The number of phenolic OH excluding ortho intramolecular Hbond substituents is 1. The van der Waals surface area contributed by atoms with Crippen molar-refractivity contribution < 1.29 is 14.6 Å². The summed E-state index contributed by atoms with van der Waals surface area (Å²) in [6.07, 6.45) is 0.893. The number of nitrogen functional groups attached to an aromatic ring is 1. The molecule has 0 atom stereocenters. The van der Waals surface area contributed by atoms with E-state index in [2.05, 4.69) is 0 Å². The molecule has 0 aliphatic rings. The Labute approximate surface area is 129 Å². The summed E-state index contributed by atoms with van der Waals surface area (Å²) < 4.78 is 5.50. The molecule has 1 amide bonds. The van der Waals surface area contributed by atoms with Gasteiger partial charge in [-0.15, -0.1) is 0 Å². The maximum Gasteiger partial charge on any atom is 0.258 e. The van der Waals surface area contributed by atoms with Gasteiger partial charge in [0.25, 0.3) is 5.91 Å². The standard InChI is InChI=1S/C17H20N2O3/c1-3-10-22-16-9-4-12(11-15(16)18)17(21)19(2)13-5-7-14(20)8-6-13/h4-9,11,20H,3,10,18H2,1-2H3. The predicted octanol–water partition coefficient (Wildman–Crippen LogP) is 3.04. The molecule has 0 fully saturated rings. The van der Waals surface area contributed by atoms with Crippen LogP contribution in [0.1, 0.15) is 23.7 Å². The van der Waals surface area contributed by atoms with Crippen LogP contribution in [0.4, 0.5) is 11.4 Å². The molecular weight excluding hydrogens is 280 g/mol. The van der Waals surface area contributed by atoms with E-state index in [1.807, 2.05) is 6.92 Å². The van der Waals surface area contributed by atoms with Gasteiger partial charge >= 0.3 is 0 Å². The first-order valence-electron chi connectivity index (χ1n) is 7.12. The van der Waals surface area contributed by atoms with Crippen molar-refractivity contribution in [2.75, 3.05) is 24.3 Å². The molecule has 0 heterocycles. The number of carbonyl (C=O) groups is 1. The molecule has 3 N–H and O–H groups in total. The second-order valence-corrected chi connectivity index (χ2v) is 4.98. The maximum absolute atomic E-state index is 12.5. The van der Waals surface area contributed by atoms with Crippen LogP contribution in [0.2, 0.25) is 0 Å². The van der Waals surface area contributed by atoms with Crippen molar-refractivity contribution in [1.29, 1.82) is 0 Å². The third kappa shape index (κ3) is 3.49. The zero-order valence-electron chi connectivity index (χ0n) is 12.7. The third-order valence-electron chi connectivity index (χ3n) is 3.26. The van der Waals surface area contributed by atoms with Crippen molar-refractivity contribution in [2.24, 2.45) is 0 Å². The summed E-state index contributed by atoms with van der Waals surface area (Å²) >= 11 is 0. The number of hydrogen-bond acceptors (Lipinski definition) is 4. The summed E-state index contributed by atoms with van der Waals surface area (Å²) in [4.78, 5) is 14.0. The summed E-state index contributed by atoms with van der Waals surface area (Å²) in [5, 5.41) is 9.30. The van der Waals surface area contributed by atoms with Crippen LogP contribution in [-0.2, 0) is 0 Å². The van der Waals surface area contributed by atoms with Crippen LogP contribution in [0.3, 0.4) is 0 Å². The van der Waals surface area contributed by atoms with Crippen molar-refractivity contribution in [3.05, 3.63) is 48.0 Å². The van der Waals surface area contributed by atoms with Gasteiger partial charge in [0.1, 0.15) is 11.5 Å². The van der Waals surface area contributed by atoms with E-state index in [9.17, 15) is 9.90 Å². The van der Waals surface area contributed by atoms with Crippen molar-refractivity contribution >= 4 is 17.3 Å². The van der Waals surface area contributed by atoms with E-state index in [1.165, 1.54) is 17.0 Å². The molecule has 0 aliphatic carbocycles. The number of rotatable bonds is 5. The summed E-state index contributed by atoms with van der Waals surface area (Å²) in [6, 6.07) is 11.4. The summed E-state index contributed by atoms with van der Waals surface area (Å²) in [5.41, 5.74) is 7.54. The Hall–Kier alpha value is -2.69. The number of hydrogen-bond donors (Lipinski definition) is 2. The Balaban J connectivity index is 2.18. The molecule has 0 saturated heterocycles. The lowest BCUT2D eigenvalue weighted by atomic mass is 10.1. The predicted molar refractivity (Wildman–Crippen MR) is 87.5 cm³/mol. The maximum atomic E-state index is 12.5. The molecule has 2 rings (SSSR count). The number of carbonyl (C=O) groups excluding carboxylic acids is 1. The van der Waals surface area contributed by atoms with Gasteiger partial charge < -0.3 is 20.5 Å². The van der Waals surface area contributed by atoms with Crippen LogP contribution in [0, 0.1) is 0 Å². The Morgan fingerprint density at radius 2 is 1.91 bits per heavy atom. The fraction of sp³-hybridized carbons (Fsp3) is 0.235. The van der Waals surface area contributed by atoms with Gasteiger partial charge in [0.15, 0.2) is 0 Å². The van der Waals surface area contributed by atoms with Gasteiger partial charge in [-0.2, -0.15) is 0 Å². The second kappa shape index (κ2) is 6.85. The van der Waals surface area contributed by atoms with Crippen LogP contribution < -0.4 is 15.4 Å². The van der Waals surface area contributed by atoms with E-state index in [0.29, 0.717) is 29.3 Å². The molecule has 2 aromatic rings. The molecule has 5 nitrogen and oxygen atoms in total. The number of aromatic hydroxyl groups is 1. The highest BCUT2D eigenvalue weighted by molar-refractivity contribution is 6.06. The first-order chi connectivity index (χ1) is 10.5. The molecule has 0 radical (unpaired) electrons. The zero-order chi connectivity index (χ0) is 16.1. The lowest BCUT2D eigenvalue weighted by molar-refractivity contribution is 0.0993. The van der Waals surface area contributed by atoms with E-state index in [0.717, 1.165) is 6.42 Å². The molecule has 2 aromatic carbocycles. The Morgan fingerprint density at radius 3 is 2.50 bits per heavy atom. The minimum atomic E-state index is -0.181. The van der Waals surface area contributed by atoms with E-state index in [4.69, 9.17) is 10.5 Å². The first kappa shape index (κ1) is 15.7. The van der Waals surface area contributed by atoms with Gasteiger partial charge in [-0.1, -0.05) is 6.92 Å².